The van der Waals surface area contributed by atoms with Crippen molar-refractivity contribution >= 4 is 11.8 Å². The SMILES string of the molecule is CCCCOC(=O)Nc1cncc(C)c1. The van der Waals surface area contributed by atoms with Crippen LogP contribution in [0.5, 0.6) is 0 Å². The number of rotatable bonds is 4. The standard InChI is InChI=1S/C11H16N2O2/c1-3-4-5-15-11(14)13-10-6-9(2)7-12-8-10/h6-8H,3-5H2,1-2H3,(H,13,14). The summed E-state index contributed by atoms with van der Waals surface area (Å²) >= 11 is 0. The summed E-state index contributed by atoms with van der Waals surface area (Å²) in [5.74, 6) is 0. The Morgan fingerprint density at radius 1 is 1.53 bits per heavy atom. The summed E-state index contributed by atoms with van der Waals surface area (Å²) in [4.78, 5) is 15.2. The van der Waals surface area contributed by atoms with E-state index in [2.05, 4.69) is 10.3 Å². The first-order chi connectivity index (χ1) is 7.22. The van der Waals surface area contributed by atoms with Crippen LogP contribution < -0.4 is 5.32 Å². The second-order valence-corrected chi connectivity index (χ2v) is 3.37. The smallest absolute Gasteiger partial charge is 0.411 e. The van der Waals surface area contributed by atoms with Crippen LogP contribution in [0, 0.1) is 6.92 Å². The first-order valence-electron chi connectivity index (χ1n) is 5.08. The highest BCUT2D eigenvalue weighted by Crippen LogP contribution is 2.07. The molecule has 0 spiro atoms. The Morgan fingerprint density at radius 2 is 2.33 bits per heavy atom. The van der Waals surface area contributed by atoms with Crippen molar-refractivity contribution in [2.75, 3.05) is 11.9 Å². The van der Waals surface area contributed by atoms with Gasteiger partial charge in [0.05, 0.1) is 18.5 Å². The number of unbranched alkanes of at least 4 members (excludes halogenated alkanes) is 1. The summed E-state index contributed by atoms with van der Waals surface area (Å²) in [6.07, 6.45) is 4.80. The van der Waals surface area contributed by atoms with Crippen molar-refractivity contribution in [3.05, 3.63) is 24.0 Å². The van der Waals surface area contributed by atoms with Crippen LogP contribution in [0.25, 0.3) is 0 Å². The molecule has 0 aromatic carbocycles. The molecule has 1 rings (SSSR count). The maximum Gasteiger partial charge on any atom is 0.411 e. The van der Waals surface area contributed by atoms with Crippen molar-refractivity contribution in [1.82, 2.24) is 4.98 Å². The Bertz CT molecular complexity index is 326. The number of pyridine rings is 1. The molecule has 1 aromatic rings. The maximum atomic E-state index is 11.2. The molecular weight excluding hydrogens is 192 g/mol. The molecule has 0 bridgehead atoms. The minimum absolute atomic E-state index is 0.421. The van der Waals surface area contributed by atoms with Gasteiger partial charge in [0.15, 0.2) is 0 Å². The Balaban J connectivity index is 2.37. The highest BCUT2D eigenvalue weighted by atomic mass is 16.5. The number of hydrogen-bond acceptors (Lipinski definition) is 3. The lowest BCUT2D eigenvalue weighted by Gasteiger charge is -2.06. The predicted molar refractivity (Wildman–Crippen MR) is 58.9 cm³/mol. The Labute approximate surface area is 89.7 Å². The molecule has 0 radical (unpaired) electrons. The van der Waals surface area contributed by atoms with Gasteiger partial charge in [0.1, 0.15) is 0 Å². The minimum Gasteiger partial charge on any atom is -0.449 e. The zero-order chi connectivity index (χ0) is 11.1. The zero-order valence-corrected chi connectivity index (χ0v) is 9.12. The second kappa shape index (κ2) is 6.01. The molecule has 1 aromatic heterocycles. The number of aryl methyl sites for hydroxylation is 1. The fraction of sp³-hybridized carbons (Fsp3) is 0.455. The van der Waals surface area contributed by atoms with Crippen LogP contribution in [-0.2, 0) is 4.74 Å². The Hall–Kier alpha value is -1.58. The highest BCUT2D eigenvalue weighted by molar-refractivity contribution is 5.84. The highest BCUT2D eigenvalue weighted by Gasteiger charge is 2.02. The minimum atomic E-state index is -0.421. The van der Waals surface area contributed by atoms with Crippen LogP contribution in [0.1, 0.15) is 25.3 Å². The summed E-state index contributed by atoms with van der Waals surface area (Å²) in [7, 11) is 0. The quantitative estimate of drug-likeness (QED) is 0.774. The number of nitrogens with zero attached hydrogens (tertiary/aromatic N) is 1. The third-order valence-electron chi connectivity index (χ3n) is 1.85. The van der Waals surface area contributed by atoms with Gasteiger partial charge in [0.2, 0.25) is 0 Å². The lowest BCUT2D eigenvalue weighted by atomic mass is 10.3. The van der Waals surface area contributed by atoms with Crippen LogP contribution in [0.15, 0.2) is 18.5 Å². The number of anilines is 1. The zero-order valence-electron chi connectivity index (χ0n) is 9.12. The normalized spacial score (nSPS) is 9.73. The van der Waals surface area contributed by atoms with Crippen molar-refractivity contribution in [1.29, 1.82) is 0 Å². The van der Waals surface area contributed by atoms with Crippen molar-refractivity contribution in [2.45, 2.75) is 26.7 Å². The molecule has 0 fully saturated rings. The molecule has 0 aliphatic heterocycles. The fourth-order valence-electron chi connectivity index (χ4n) is 1.09. The molecule has 82 valence electrons. The third-order valence-corrected chi connectivity index (χ3v) is 1.85. The van der Waals surface area contributed by atoms with Gasteiger partial charge in [-0.05, 0) is 25.0 Å². The molecule has 0 aliphatic carbocycles. The number of hydrogen-bond donors (Lipinski definition) is 1. The number of carbonyl (C=O) groups is 1. The number of aromatic nitrogens is 1. The third kappa shape index (κ3) is 4.44. The molecule has 1 amide bonds. The van der Waals surface area contributed by atoms with Gasteiger partial charge in [-0.2, -0.15) is 0 Å². The monoisotopic (exact) mass is 208 g/mol. The van der Waals surface area contributed by atoms with Gasteiger partial charge in [0, 0.05) is 6.20 Å². The van der Waals surface area contributed by atoms with Gasteiger partial charge in [-0.25, -0.2) is 4.79 Å². The lowest BCUT2D eigenvalue weighted by molar-refractivity contribution is 0.160. The Kier molecular flexibility index (Phi) is 4.60. The fourth-order valence-corrected chi connectivity index (χ4v) is 1.09. The van der Waals surface area contributed by atoms with E-state index < -0.39 is 6.09 Å². The van der Waals surface area contributed by atoms with Crippen molar-refractivity contribution in [3.8, 4) is 0 Å². The summed E-state index contributed by atoms with van der Waals surface area (Å²) in [6, 6.07) is 1.84. The van der Waals surface area contributed by atoms with Gasteiger partial charge in [-0.15, -0.1) is 0 Å². The number of nitrogens with one attached hydrogen (secondary N) is 1. The van der Waals surface area contributed by atoms with Gasteiger partial charge in [0.25, 0.3) is 0 Å². The maximum absolute atomic E-state index is 11.2. The average molecular weight is 208 g/mol. The Morgan fingerprint density at radius 3 is 3.00 bits per heavy atom. The van der Waals surface area contributed by atoms with Crippen LogP contribution in [0.3, 0.4) is 0 Å². The van der Waals surface area contributed by atoms with Crippen molar-refractivity contribution in [2.24, 2.45) is 0 Å². The van der Waals surface area contributed by atoms with Crippen molar-refractivity contribution in [3.63, 3.8) is 0 Å². The van der Waals surface area contributed by atoms with E-state index in [1.807, 2.05) is 19.9 Å². The molecule has 0 atom stereocenters. The molecule has 15 heavy (non-hydrogen) atoms. The van der Waals surface area contributed by atoms with E-state index in [4.69, 9.17) is 4.74 Å². The molecule has 1 heterocycles. The number of carbonyl (C=O) groups excluding carboxylic acids is 1. The molecular formula is C11H16N2O2. The average Bonchev–Trinajstić information content (AvgIpc) is 2.18. The van der Waals surface area contributed by atoms with E-state index in [-0.39, 0.29) is 0 Å². The van der Waals surface area contributed by atoms with Crippen molar-refractivity contribution < 1.29 is 9.53 Å². The van der Waals surface area contributed by atoms with Crippen LogP contribution in [0.2, 0.25) is 0 Å². The summed E-state index contributed by atoms with van der Waals surface area (Å²) in [6.45, 7) is 4.42. The molecule has 0 aliphatic rings. The van der Waals surface area contributed by atoms with Gasteiger partial charge >= 0.3 is 6.09 Å². The van der Waals surface area contributed by atoms with Gasteiger partial charge in [-0.3, -0.25) is 10.3 Å². The molecule has 1 N–H and O–H groups in total. The van der Waals surface area contributed by atoms with E-state index in [1.54, 1.807) is 12.4 Å². The molecule has 0 saturated carbocycles. The largest absolute Gasteiger partial charge is 0.449 e. The predicted octanol–water partition coefficient (Wildman–Crippen LogP) is 2.74. The van der Waals surface area contributed by atoms with E-state index in [0.717, 1.165) is 18.4 Å². The first-order valence-corrected chi connectivity index (χ1v) is 5.08. The van der Waals surface area contributed by atoms with Crippen LogP contribution in [-0.4, -0.2) is 17.7 Å². The van der Waals surface area contributed by atoms with E-state index in [1.165, 1.54) is 0 Å². The lowest BCUT2D eigenvalue weighted by Crippen LogP contribution is -2.14. The molecule has 0 unspecified atom stereocenters. The topological polar surface area (TPSA) is 51.2 Å². The van der Waals surface area contributed by atoms with E-state index >= 15 is 0 Å². The van der Waals surface area contributed by atoms with Gasteiger partial charge in [-0.1, -0.05) is 13.3 Å². The van der Waals surface area contributed by atoms with Crippen LogP contribution in [0.4, 0.5) is 10.5 Å². The number of ether oxygens (including phenoxy) is 1. The summed E-state index contributed by atoms with van der Waals surface area (Å²) in [5, 5.41) is 2.62. The van der Waals surface area contributed by atoms with Gasteiger partial charge < -0.3 is 4.74 Å². The molecule has 4 nitrogen and oxygen atoms in total. The van der Waals surface area contributed by atoms with E-state index in [9.17, 15) is 4.79 Å². The summed E-state index contributed by atoms with van der Waals surface area (Å²) in [5.41, 5.74) is 1.66. The number of amides is 1. The molecule has 0 saturated heterocycles. The first kappa shape index (κ1) is 11.5. The van der Waals surface area contributed by atoms with Crippen LogP contribution >= 0.6 is 0 Å². The molecule has 4 heteroatoms. The summed E-state index contributed by atoms with van der Waals surface area (Å²) < 4.78 is 4.95. The van der Waals surface area contributed by atoms with E-state index in [0.29, 0.717) is 12.3 Å². The second-order valence-electron chi connectivity index (χ2n) is 3.37.